The van der Waals surface area contributed by atoms with Gasteiger partial charge in [-0.3, -0.25) is 9.59 Å². The summed E-state index contributed by atoms with van der Waals surface area (Å²) in [5.41, 5.74) is -0.323. The molecule has 0 bridgehead atoms. The van der Waals surface area contributed by atoms with Gasteiger partial charge in [-0.25, -0.2) is 4.98 Å². The van der Waals surface area contributed by atoms with E-state index in [-0.39, 0.29) is 35.6 Å². The Morgan fingerprint density at radius 1 is 1.06 bits per heavy atom. The first-order chi connectivity index (χ1) is 15.1. The lowest BCUT2D eigenvalue weighted by Gasteiger charge is -2.36. The van der Waals surface area contributed by atoms with Gasteiger partial charge in [0.05, 0.1) is 27.2 Å². The van der Waals surface area contributed by atoms with Crippen LogP contribution < -0.4 is 9.80 Å². The zero-order chi connectivity index (χ0) is 23.0. The number of halogens is 5. The lowest BCUT2D eigenvalue weighted by molar-refractivity contribution is -0.138. The summed E-state index contributed by atoms with van der Waals surface area (Å²) >= 11 is 12.2. The Bertz CT molecular complexity index is 1040. The Balaban J connectivity index is 1.38. The van der Waals surface area contributed by atoms with Crippen LogP contribution in [0.5, 0.6) is 0 Å². The number of hydrogen-bond acceptors (Lipinski definition) is 4. The molecule has 0 radical (unpaired) electrons. The standard InChI is InChI=1S/C21H19Cl2F3N4O2/c22-15-3-1-2-4-17(15)30-12-13(9-18(30)31)20(32)29-7-5-28(6-8-29)19-16(23)10-14(11-27-19)21(24,25)26/h1-4,10-11,13H,5-9,12H2. The van der Waals surface area contributed by atoms with Gasteiger partial charge in [0.1, 0.15) is 5.82 Å². The van der Waals surface area contributed by atoms with E-state index in [4.69, 9.17) is 23.2 Å². The van der Waals surface area contributed by atoms with Crippen LogP contribution in [-0.2, 0) is 15.8 Å². The van der Waals surface area contributed by atoms with Gasteiger partial charge in [0, 0.05) is 45.3 Å². The smallest absolute Gasteiger partial charge is 0.352 e. The molecule has 0 saturated carbocycles. The summed E-state index contributed by atoms with van der Waals surface area (Å²) < 4.78 is 38.5. The first kappa shape index (κ1) is 22.7. The molecule has 170 valence electrons. The van der Waals surface area contributed by atoms with Gasteiger partial charge in [-0.05, 0) is 18.2 Å². The van der Waals surface area contributed by atoms with Crippen LogP contribution in [0.3, 0.4) is 0 Å². The number of aromatic nitrogens is 1. The molecular weight excluding hydrogens is 468 g/mol. The highest BCUT2D eigenvalue weighted by molar-refractivity contribution is 6.34. The number of carbonyl (C=O) groups is 2. The Morgan fingerprint density at radius 3 is 2.38 bits per heavy atom. The third-order valence-electron chi connectivity index (χ3n) is 5.66. The fraction of sp³-hybridized carbons (Fsp3) is 0.381. The molecule has 1 unspecified atom stereocenters. The third kappa shape index (κ3) is 4.49. The predicted octanol–water partition coefficient (Wildman–Crippen LogP) is 4.11. The maximum atomic E-state index is 13.0. The van der Waals surface area contributed by atoms with Crippen LogP contribution in [0.15, 0.2) is 36.5 Å². The number of rotatable bonds is 3. The number of anilines is 2. The summed E-state index contributed by atoms with van der Waals surface area (Å²) in [5.74, 6) is -0.499. The van der Waals surface area contributed by atoms with Crippen LogP contribution in [0.25, 0.3) is 0 Å². The highest BCUT2D eigenvalue weighted by Crippen LogP contribution is 2.34. The van der Waals surface area contributed by atoms with Gasteiger partial charge < -0.3 is 14.7 Å². The average Bonchev–Trinajstić information content (AvgIpc) is 3.14. The van der Waals surface area contributed by atoms with Crippen LogP contribution in [0, 0.1) is 5.92 Å². The molecule has 6 nitrogen and oxygen atoms in total. The quantitative estimate of drug-likeness (QED) is 0.654. The number of carbonyl (C=O) groups excluding carboxylic acids is 2. The average molecular weight is 487 g/mol. The molecule has 11 heteroatoms. The molecule has 1 aromatic heterocycles. The Labute approximate surface area is 192 Å². The van der Waals surface area contributed by atoms with Crippen molar-refractivity contribution in [2.75, 3.05) is 42.5 Å². The largest absolute Gasteiger partial charge is 0.417 e. The topological polar surface area (TPSA) is 56.8 Å². The molecule has 4 rings (SSSR count). The lowest BCUT2D eigenvalue weighted by atomic mass is 10.1. The van der Waals surface area contributed by atoms with Crippen LogP contribution in [0.2, 0.25) is 10.0 Å². The van der Waals surface area contributed by atoms with E-state index < -0.39 is 17.7 Å². The van der Waals surface area contributed by atoms with Gasteiger partial charge in [-0.1, -0.05) is 35.3 Å². The highest BCUT2D eigenvalue weighted by Gasteiger charge is 2.39. The SMILES string of the molecule is O=C(C1CC(=O)N(c2ccccc2Cl)C1)N1CCN(c2ncc(C(F)(F)F)cc2Cl)CC1. The van der Waals surface area contributed by atoms with Crippen molar-refractivity contribution in [3.8, 4) is 0 Å². The van der Waals surface area contributed by atoms with Gasteiger partial charge >= 0.3 is 6.18 Å². The summed E-state index contributed by atoms with van der Waals surface area (Å²) in [5, 5.41) is 0.361. The molecule has 1 atom stereocenters. The molecular formula is C21H19Cl2F3N4O2. The molecule has 2 amide bonds. The third-order valence-corrected chi connectivity index (χ3v) is 6.26. The van der Waals surface area contributed by atoms with Gasteiger partial charge in [0.15, 0.2) is 0 Å². The first-order valence-corrected chi connectivity index (χ1v) is 10.7. The van der Waals surface area contributed by atoms with E-state index in [2.05, 4.69) is 4.98 Å². The summed E-state index contributed by atoms with van der Waals surface area (Å²) in [6, 6.07) is 7.84. The molecule has 0 N–H and O–H groups in total. The van der Waals surface area contributed by atoms with E-state index in [1.165, 1.54) is 4.90 Å². The molecule has 3 heterocycles. The van der Waals surface area contributed by atoms with Crippen molar-refractivity contribution >= 4 is 46.5 Å². The van der Waals surface area contributed by atoms with Crippen LogP contribution in [-0.4, -0.2) is 54.4 Å². The maximum absolute atomic E-state index is 13.0. The van der Waals surface area contributed by atoms with Crippen molar-refractivity contribution in [2.24, 2.45) is 5.92 Å². The molecule has 0 spiro atoms. The molecule has 2 aromatic rings. The van der Waals surface area contributed by atoms with Gasteiger partial charge in [0.2, 0.25) is 11.8 Å². The number of para-hydroxylation sites is 1. The summed E-state index contributed by atoms with van der Waals surface area (Å²) in [4.78, 5) is 34.3. The normalized spacial score (nSPS) is 19.6. The number of hydrogen-bond donors (Lipinski definition) is 0. The van der Waals surface area contributed by atoms with Crippen LogP contribution in [0.4, 0.5) is 24.7 Å². The monoisotopic (exact) mass is 486 g/mol. The summed E-state index contributed by atoms with van der Waals surface area (Å²) in [6.07, 6.45) is -3.65. The maximum Gasteiger partial charge on any atom is 0.417 e. The van der Waals surface area contributed by atoms with Gasteiger partial charge in [0.25, 0.3) is 0 Å². The van der Waals surface area contributed by atoms with E-state index in [0.717, 1.165) is 12.3 Å². The van der Waals surface area contributed by atoms with E-state index in [1.807, 2.05) is 0 Å². The number of benzene rings is 1. The van der Waals surface area contributed by atoms with Crippen molar-refractivity contribution in [1.82, 2.24) is 9.88 Å². The zero-order valence-corrected chi connectivity index (χ0v) is 18.3. The molecule has 32 heavy (non-hydrogen) atoms. The molecule has 0 aliphatic carbocycles. The molecule has 2 aliphatic rings. The second kappa shape index (κ2) is 8.78. The molecule has 2 saturated heterocycles. The minimum Gasteiger partial charge on any atom is -0.352 e. The molecule has 2 aliphatic heterocycles. The van der Waals surface area contributed by atoms with Crippen molar-refractivity contribution in [3.63, 3.8) is 0 Å². The molecule has 1 aromatic carbocycles. The van der Waals surface area contributed by atoms with Crippen molar-refractivity contribution < 1.29 is 22.8 Å². The fourth-order valence-corrected chi connectivity index (χ4v) is 4.52. The minimum absolute atomic E-state index is 0.0867. The number of alkyl halides is 3. The number of piperazine rings is 1. The predicted molar refractivity (Wildman–Crippen MR) is 115 cm³/mol. The highest BCUT2D eigenvalue weighted by atomic mass is 35.5. The second-order valence-corrected chi connectivity index (χ2v) is 8.51. The Morgan fingerprint density at radius 2 is 1.75 bits per heavy atom. The van der Waals surface area contributed by atoms with E-state index >= 15 is 0 Å². The zero-order valence-electron chi connectivity index (χ0n) is 16.8. The van der Waals surface area contributed by atoms with Gasteiger partial charge in [-0.2, -0.15) is 13.2 Å². The summed E-state index contributed by atoms with van der Waals surface area (Å²) in [7, 11) is 0. The number of pyridine rings is 1. The van der Waals surface area contributed by atoms with Gasteiger partial charge in [-0.15, -0.1) is 0 Å². The Hall–Kier alpha value is -2.52. The van der Waals surface area contributed by atoms with Crippen molar-refractivity contribution in [3.05, 3.63) is 52.1 Å². The Kier molecular flexibility index (Phi) is 6.22. The summed E-state index contributed by atoms with van der Waals surface area (Å²) in [6.45, 7) is 1.72. The van der Waals surface area contributed by atoms with Crippen LogP contribution >= 0.6 is 23.2 Å². The number of nitrogens with zero attached hydrogens (tertiary/aromatic N) is 4. The first-order valence-electron chi connectivity index (χ1n) is 9.96. The van der Waals surface area contributed by atoms with Crippen molar-refractivity contribution in [2.45, 2.75) is 12.6 Å². The van der Waals surface area contributed by atoms with E-state index in [9.17, 15) is 22.8 Å². The number of amides is 2. The minimum atomic E-state index is -4.52. The van der Waals surface area contributed by atoms with Crippen LogP contribution in [0.1, 0.15) is 12.0 Å². The second-order valence-electron chi connectivity index (χ2n) is 7.70. The lowest BCUT2D eigenvalue weighted by Crippen LogP contribution is -2.51. The fourth-order valence-electron chi connectivity index (χ4n) is 3.99. The molecule has 2 fully saturated rings. The van der Waals surface area contributed by atoms with E-state index in [0.29, 0.717) is 36.9 Å². The van der Waals surface area contributed by atoms with Crippen molar-refractivity contribution in [1.29, 1.82) is 0 Å². The van der Waals surface area contributed by atoms with E-state index in [1.54, 1.807) is 34.1 Å².